The second kappa shape index (κ2) is 6.67. The monoisotopic (exact) mass is 299 g/mol. The van der Waals surface area contributed by atoms with Crippen LogP contribution < -0.4 is 10.5 Å². The van der Waals surface area contributed by atoms with E-state index in [1.807, 2.05) is 25.1 Å². The summed E-state index contributed by atoms with van der Waals surface area (Å²) >= 11 is 0. The number of rotatable bonds is 5. The van der Waals surface area contributed by atoms with Gasteiger partial charge < -0.3 is 15.6 Å². The Labute approximate surface area is 132 Å². The van der Waals surface area contributed by atoms with Crippen LogP contribution >= 0.6 is 0 Å². The van der Waals surface area contributed by atoms with Gasteiger partial charge in [0.05, 0.1) is 18.8 Å². The SMILES string of the molecule is CCOc1ccc2ccccc2c1[C@@H](N)[C@@H](O)C1CCCC1. The van der Waals surface area contributed by atoms with E-state index < -0.39 is 12.1 Å². The minimum absolute atomic E-state index is 0.309. The van der Waals surface area contributed by atoms with Crippen molar-refractivity contribution in [1.29, 1.82) is 0 Å². The Morgan fingerprint density at radius 2 is 1.91 bits per heavy atom. The molecule has 2 aromatic rings. The molecule has 3 heteroatoms. The Hall–Kier alpha value is -1.58. The van der Waals surface area contributed by atoms with Crippen LogP contribution in [-0.4, -0.2) is 17.8 Å². The Kier molecular flexibility index (Phi) is 4.65. The van der Waals surface area contributed by atoms with Crippen molar-refractivity contribution in [3.8, 4) is 5.75 Å². The number of benzene rings is 2. The number of ether oxygens (including phenoxy) is 1. The molecule has 2 atom stereocenters. The molecule has 118 valence electrons. The van der Waals surface area contributed by atoms with E-state index in [-0.39, 0.29) is 0 Å². The highest BCUT2D eigenvalue weighted by atomic mass is 16.5. The van der Waals surface area contributed by atoms with Gasteiger partial charge in [-0.15, -0.1) is 0 Å². The smallest absolute Gasteiger partial charge is 0.124 e. The summed E-state index contributed by atoms with van der Waals surface area (Å²) in [5.41, 5.74) is 7.43. The molecule has 0 radical (unpaired) electrons. The van der Waals surface area contributed by atoms with Gasteiger partial charge in [-0.2, -0.15) is 0 Å². The van der Waals surface area contributed by atoms with Gasteiger partial charge in [-0.1, -0.05) is 43.2 Å². The van der Waals surface area contributed by atoms with Crippen LogP contribution in [0.15, 0.2) is 36.4 Å². The molecule has 2 aromatic carbocycles. The van der Waals surface area contributed by atoms with Crippen molar-refractivity contribution in [2.24, 2.45) is 11.7 Å². The van der Waals surface area contributed by atoms with Crippen molar-refractivity contribution in [3.05, 3.63) is 42.0 Å². The van der Waals surface area contributed by atoms with Gasteiger partial charge in [0, 0.05) is 5.56 Å². The largest absolute Gasteiger partial charge is 0.494 e. The molecule has 3 nitrogen and oxygen atoms in total. The van der Waals surface area contributed by atoms with Gasteiger partial charge in [-0.3, -0.25) is 0 Å². The first-order chi connectivity index (χ1) is 10.7. The van der Waals surface area contributed by atoms with Gasteiger partial charge >= 0.3 is 0 Å². The molecule has 22 heavy (non-hydrogen) atoms. The zero-order valence-corrected chi connectivity index (χ0v) is 13.2. The number of aliphatic hydroxyl groups is 1. The maximum absolute atomic E-state index is 10.7. The van der Waals surface area contributed by atoms with Crippen molar-refractivity contribution in [1.82, 2.24) is 0 Å². The zero-order valence-electron chi connectivity index (χ0n) is 13.2. The minimum Gasteiger partial charge on any atom is -0.494 e. The van der Waals surface area contributed by atoms with E-state index in [0.29, 0.717) is 12.5 Å². The summed E-state index contributed by atoms with van der Waals surface area (Å²) in [4.78, 5) is 0. The third kappa shape index (κ3) is 2.83. The average molecular weight is 299 g/mol. The lowest BCUT2D eigenvalue weighted by Crippen LogP contribution is -2.32. The van der Waals surface area contributed by atoms with Crippen LogP contribution in [-0.2, 0) is 0 Å². The van der Waals surface area contributed by atoms with Crippen molar-refractivity contribution in [2.75, 3.05) is 6.61 Å². The normalized spacial score (nSPS) is 18.5. The van der Waals surface area contributed by atoms with E-state index in [2.05, 4.69) is 18.2 Å². The predicted molar refractivity (Wildman–Crippen MR) is 90.0 cm³/mol. The molecule has 0 saturated heterocycles. The maximum Gasteiger partial charge on any atom is 0.124 e. The third-order valence-electron chi connectivity index (χ3n) is 4.81. The molecule has 0 bridgehead atoms. The van der Waals surface area contributed by atoms with E-state index in [9.17, 15) is 5.11 Å². The molecule has 0 amide bonds. The van der Waals surface area contributed by atoms with Gasteiger partial charge in [0.1, 0.15) is 5.75 Å². The third-order valence-corrected chi connectivity index (χ3v) is 4.81. The first kappa shape index (κ1) is 15.3. The van der Waals surface area contributed by atoms with Crippen LogP contribution in [0, 0.1) is 5.92 Å². The minimum atomic E-state index is -0.507. The Morgan fingerprint density at radius 1 is 1.18 bits per heavy atom. The van der Waals surface area contributed by atoms with Crippen molar-refractivity contribution < 1.29 is 9.84 Å². The molecular weight excluding hydrogens is 274 g/mol. The van der Waals surface area contributed by atoms with Crippen LogP contribution in [0.3, 0.4) is 0 Å². The molecule has 0 spiro atoms. The molecule has 0 unspecified atom stereocenters. The standard InChI is InChI=1S/C19H25NO2/c1-2-22-16-12-11-13-7-5-6-10-15(13)17(16)18(20)19(21)14-8-3-4-9-14/h5-7,10-12,14,18-19,21H,2-4,8-9,20H2,1H3/t18-,19+/m1/s1. The van der Waals surface area contributed by atoms with E-state index in [1.165, 1.54) is 12.8 Å². The molecule has 0 aromatic heterocycles. The van der Waals surface area contributed by atoms with Crippen molar-refractivity contribution in [2.45, 2.75) is 44.8 Å². The average Bonchev–Trinajstić information content (AvgIpc) is 3.08. The summed E-state index contributed by atoms with van der Waals surface area (Å²) < 4.78 is 5.79. The quantitative estimate of drug-likeness (QED) is 0.883. The first-order valence-corrected chi connectivity index (χ1v) is 8.30. The molecule has 3 rings (SSSR count). The fourth-order valence-corrected chi connectivity index (χ4v) is 3.66. The van der Waals surface area contributed by atoms with Crippen LogP contribution in [0.4, 0.5) is 0 Å². The highest BCUT2D eigenvalue weighted by Gasteiger charge is 2.31. The number of hydrogen-bond acceptors (Lipinski definition) is 3. The fourth-order valence-electron chi connectivity index (χ4n) is 3.66. The number of aliphatic hydroxyl groups excluding tert-OH is 1. The Balaban J connectivity index is 2.03. The van der Waals surface area contributed by atoms with Crippen LogP contribution in [0.1, 0.15) is 44.2 Å². The van der Waals surface area contributed by atoms with Crippen molar-refractivity contribution in [3.63, 3.8) is 0 Å². The van der Waals surface area contributed by atoms with E-state index in [4.69, 9.17) is 10.5 Å². The summed E-state index contributed by atoms with van der Waals surface area (Å²) in [6, 6.07) is 11.8. The predicted octanol–water partition coefficient (Wildman–Crippen LogP) is 3.79. The summed E-state index contributed by atoms with van der Waals surface area (Å²) in [5, 5.41) is 13.0. The van der Waals surface area contributed by atoms with Crippen LogP contribution in [0.25, 0.3) is 10.8 Å². The highest BCUT2D eigenvalue weighted by molar-refractivity contribution is 5.88. The zero-order chi connectivity index (χ0) is 15.5. The number of nitrogens with two attached hydrogens (primary N) is 1. The molecule has 1 fully saturated rings. The Bertz CT molecular complexity index is 634. The molecule has 1 saturated carbocycles. The van der Waals surface area contributed by atoms with Crippen LogP contribution in [0.5, 0.6) is 5.75 Å². The summed E-state index contributed by atoms with van der Waals surface area (Å²) in [6.07, 6.45) is 4.03. The molecule has 0 aliphatic heterocycles. The molecular formula is C19H25NO2. The van der Waals surface area contributed by atoms with Gasteiger partial charge in [0.15, 0.2) is 0 Å². The lowest BCUT2D eigenvalue weighted by molar-refractivity contribution is 0.0838. The van der Waals surface area contributed by atoms with Crippen molar-refractivity contribution >= 4 is 10.8 Å². The Morgan fingerprint density at radius 3 is 2.64 bits per heavy atom. The number of hydrogen-bond donors (Lipinski definition) is 2. The maximum atomic E-state index is 10.7. The molecule has 1 aliphatic carbocycles. The number of fused-ring (bicyclic) bond motifs is 1. The van der Waals surface area contributed by atoms with Gasteiger partial charge in [0.25, 0.3) is 0 Å². The van der Waals surface area contributed by atoms with Gasteiger partial charge in [0.2, 0.25) is 0 Å². The lowest BCUT2D eigenvalue weighted by atomic mass is 9.88. The molecule has 3 N–H and O–H groups in total. The van der Waals surface area contributed by atoms with E-state index in [1.54, 1.807) is 0 Å². The van der Waals surface area contributed by atoms with E-state index >= 15 is 0 Å². The van der Waals surface area contributed by atoms with Crippen LogP contribution in [0.2, 0.25) is 0 Å². The summed E-state index contributed by atoms with van der Waals surface area (Å²) in [6.45, 7) is 2.56. The topological polar surface area (TPSA) is 55.5 Å². The highest BCUT2D eigenvalue weighted by Crippen LogP contribution is 2.38. The van der Waals surface area contributed by atoms with Gasteiger partial charge in [-0.05, 0) is 42.5 Å². The van der Waals surface area contributed by atoms with Gasteiger partial charge in [-0.25, -0.2) is 0 Å². The fraction of sp³-hybridized carbons (Fsp3) is 0.474. The lowest BCUT2D eigenvalue weighted by Gasteiger charge is -2.27. The summed E-state index contributed by atoms with van der Waals surface area (Å²) in [7, 11) is 0. The van der Waals surface area contributed by atoms with E-state index in [0.717, 1.165) is 34.9 Å². The second-order valence-corrected chi connectivity index (χ2v) is 6.19. The first-order valence-electron chi connectivity index (χ1n) is 8.30. The second-order valence-electron chi connectivity index (χ2n) is 6.19. The molecule has 0 heterocycles. The molecule has 1 aliphatic rings. The summed E-state index contributed by atoms with van der Waals surface area (Å²) in [5.74, 6) is 1.11.